The summed E-state index contributed by atoms with van der Waals surface area (Å²) < 4.78 is 5.71. The number of hydrogen-bond acceptors (Lipinski definition) is 2. The number of ether oxygens (including phenoxy) is 1. The van der Waals surface area contributed by atoms with E-state index < -0.39 is 0 Å². The lowest BCUT2D eigenvalue weighted by Gasteiger charge is -2.09. The van der Waals surface area contributed by atoms with Crippen molar-refractivity contribution in [3.63, 3.8) is 0 Å². The van der Waals surface area contributed by atoms with Crippen LogP contribution in [0, 0.1) is 5.92 Å². The third-order valence-corrected chi connectivity index (χ3v) is 2.86. The maximum atomic E-state index is 11.2. The molecule has 0 aliphatic rings. The highest BCUT2D eigenvalue weighted by Gasteiger charge is 2.14. The van der Waals surface area contributed by atoms with Gasteiger partial charge in [0.05, 0.1) is 13.0 Å². The van der Waals surface area contributed by atoms with Crippen LogP contribution in [0.3, 0.4) is 0 Å². The quantitative estimate of drug-likeness (QED) is 0.778. The Bertz CT molecular complexity index is 323. The Hall–Kier alpha value is -0.830. The predicted octanol–water partition coefficient (Wildman–Crippen LogP) is 2.80. The van der Waals surface area contributed by atoms with Gasteiger partial charge in [-0.1, -0.05) is 41.1 Å². The fourth-order valence-electron chi connectivity index (χ4n) is 1.28. The largest absolute Gasteiger partial charge is 0.469 e. The zero-order valence-electron chi connectivity index (χ0n) is 8.29. The van der Waals surface area contributed by atoms with Gasteiger partial charge in [0, 0.05) is 4.47 Å². The van der Waals surface area contributed by atoms with E-state index in [-0.39, 0.29) is 11.9 Å². The minimum atomic E-state index is -0.166. The maximum Gasteiger partial charge on any atom is 0.308 e. The second-order valence-corrected chi connectivity index (χ2v) is 4.07. The van der Waals surface area contributed by atoms with Gasteiger partial charge in [-0.25, -0.2) is 0 Å². The summed E-state index contributed by atoms with van der Waals surface area (Å²) in [5.41, 5.74) is 1.13. The summed E-state index contributed by atoms with van der Waals surface area (Å²) in [4.78, 5) is 11.2. The molecule has 0 saturated carbocycles. The van der Waals surface area contributed by atoms with Gasteiger partial charge in [0.1, 0.15) is 0 Å². The fourth-order valence-corrected chi connectivity index (χ4v) is 1.72. The molecule has 0 saturated heterocycles. The van der Waals surface area contributed by atoms with Crippen LogP contribution >= 0.6 is 15.9 Å². The zero-order valence-corrected chi connectivity index (χ0v) is 9.87. The summed E-state index contributed by atoms with van der Waals surface area (Å²) >= 11 is 3.44. The molecule has 0 aromatic heterocycles. The second kappa shape index (κ2) is 5.15. The molecule has 1 unspecified atom stereocenters. The van der Waals surface area contributed by atoms with E-state index in [0.29, 0.717) is 6.42 Å². The molecule has 1 rings (SSSR count). The molecule has 0 N–H and O–H groups in total. The Morgan fingerprint density at radius 1 is 1.50 bits per heavy atom. The lowest BCUT2D eigenvalue weighted by molar-refractivity contribution is -0.144. The standard InChI is InChI=1S/C11H13BrO2/c1-8(11(13)14-2)7-9-5-3-4-6-10(9)12/h3-6,8H,7H2,1-2H3. The number of esters is 1. The SMILES string of the molecule is COC(=O)C(C)Cc1ccccc1Br. The highest BCUT2D eigenvalue weighted by atomic mass is 79.9. The first-order valence-corrected chi connectivity index (χ1v) is 5.25. The van der Waals surface area contributed by atoms with Crippen LogP contribution in [0.25, 0.3) is 0 Å². The monoisotopic (exact) mass is 256 g/mol. The maximum absolute atomic E-state index is 11.2. The van der Waals surface area contributed by atoms with Gasteiger partial charge in [-0.3, -0.25) is 4.79 Å². The van der Waals surface area contributed by atoms with Crippen LogP contribution in [0.4, 0.5) is 0 Å². The molecule has 1 aromatic carbocycles. The van der Waals surface area contributed by atoms with Gasteiger partial charge in [0.15, 0.2) is 0 Å². The van der Waals surface area contributed by atoms with Crippen molar-refractivity contribution in [2.24, 2.45) is 5.92 Å². The van der Waals surface area contributed by atoms with Crippen molar-refractivity contribution in [1.29, 1.82) is 0 Å². The Morgan fingerprint density at radius 3 is 2.71 bits per heavy atom. The van der Waals surface area contributed by atoms with Gasteiger partial charge in [0.2, 0.25) is 0 Å². The van der Waals surface area contributed by atoms with Crippen LogP contribution in [-0.4, -0.2) is 13.1 Å². The minimum absolute atomic E-state index is 0.0984. The molecular formula is C11H13BrO2. The van der Waals surface area contributed by atoms with Gasteiger partial charge in [-0.05, 0) is 18.1 Å². The van der Waals surface area contributed by atoms with Gasteiger partial charge in [-0.15, -0.1) is 0 Å². The number of carbonyl (C=O) groups excluding carboxylic acids is 1. The molecule has 14 heavy (non-hydrogen) atoms. The molecule has 0 heterocycles. The average molecular weight is 257 g/mol. The third kappa shape index (κ3) is 2.84. The molecule has 0 aliphatic heterocycles. The molecule has 0 spiro atoms. The summed E-state index contributed by atoms with van der Waals surface area (Å²) in [6.45, 7) is 1.87. The zero-order chi connectivity index (χ0) is 10.6. The van der Waals surface area contributed by atoms with Crippen molar-refractivity contribution in [3.8, 4) is 0 Å². The number of methoxy groups -OCH3 is 1. The molecule has 1 atom stereocenters. The van der Waals surface area contributed by atoms with Crippen molar-refractivity contribution < 1.29 is 9.53 Å². The van der Waals surface area contributed by atoms with Gasteiger partial charge in [-0.2, -0.15) is 0 Å². The molecule has 0 bridgehead atoms. The number of hydrogen-bond donors (Lipinski definition) is 0. The van der Waals surface area contributed by atoms with E-state index in [1.165, 1.54) is 7.11 Å². The van der Waals surface area contributed by atoms with Crippen LogP contribution in [-0.2, 0) is 16.0 Å². The summed E-state index contributed by atoms with van der Waals surface area (Å²) in [7, 11) is 1.42. The molecule has 2 nitrogen and oxygen atoms in total. The molecule has 3 heteroatoms. The van der Waals surface area contributed by atoms with Crippen molar-refractivity contribution in [1.82, 2.24) is 0 Å². The summed E-state index contributed by atoms with van der Waals surface area (Å²) in [6, 6.07) is 7.89. The molecular weight excluding hydrogens is 244 g/mol. The first-order chi connectivity index (χ1) is 6.65. The smallest absolute Gasteiger partial charge is 0.308 e. The van der Waals surface area contributed by atoms with E-state index >= 15 is 0 Å². The first-order valence-electron chi connectivity index (χ1n) is 4.46. The van der Waals surface area contributed by atoms with Crippen molar-refractivity contribution in [2.45, 2.75) is 13.3 Å². The van der Waals surface area contributed by atoms with Gasteiger partial charge >= 0.3 is 5.97 Å². The van der Waals surface area contributed by atoms with Crippen LogP contribution in [0.15, 0.2) is 28.7 Å². The predicted molar refractivity (Wildman–Crippen MR) is 59.0 cm³/mol. The second-order valence-electron chi connectivity index (χ2n) is 3.22. The highest BCUT2D eigenvalue weighted by molar-refractivity contribution is 9.10. The lowest BCUT2D eigenvalue weighted by Crippen LogP contribution is -2.15. The topological polar surface area (TPSA) is 26.3 Å². The van der Waals surface area contributed by atoms with Gasteiger partial charge in [0.25, 0.3) is 0 Å². The van der Waals surface area contributed by atoms with Gasteiger partial charge < -0.3 is 4.74 Å². The summed E-state index contributed by atoms with van der Waals surface area (Å²) in [5, 5.41) is 0. The number of halogens is 1. The highest BCUT2D eigenvalue weighted by Crippen LogP contribution is 2.19. The number of carbonyl (C=O) groups is 1. The third-order valence-electron chi connectivity index (χ3n) is 2.09. The minimum Gasteiger partial charge on any atom is -0.469 e. The van der Waals surface area contributed by atoms with E-state index in [2.05, 4.69) is 20.7 Å². The van der Waals surface area contributed by atoms with Crippen molar-refractivity contribution >= 4 is 21.9 Å². The van der Waals surface area contributed by atoms with Crippen LogP contribution < -0.4 is 0 Å². The lowest BCUT2D eigenvalue weighted by atomic mass is 10.0. The van der Waals surface area contributed by atoms with E-state index in [0.717, 1.165) is 10.0 Å². The van der Waals surface area contributed by atoms with Crippen LogP contribution in [0.2, 0.25) is 0 Å². The normalized spacial score (nSPS) is 12.2. The first kappa shape index (κ1) is 11.2. The summed E-state index contributed by atoms with van der Waals surface area (Å²) in [5.74, 6) is -0.264. The van der Waals surface area contributed by atoms with E-state index in [4.69, 9.17) is 0 Å². The molecule has 0 fully saturated rings. The molecule has 0 aliphatic carbocycles. The summed E-state index contributed by atoms with van der Waals surface area (Å²) in [6.07, 6.45) is 0.702. The van der Waals surface area contributed by atoms with Crippen molar-refractivity contribution in [2.75, 3.05) is 7.11 Å². The Balaban J connectivity index is 2.69. The Morgan fingerprint density at radius 2 is 2.14 bits per heavy atom. The Kier molecular flexibility index (Phi) is 4.14. The van der Waals surface area contributed by atoms with E-state index in [1.54, 1.807) is 0 Å². The number of rotatable bonds is 3. The Labute approximate surface area is 92.4 Å². The molecule has 0 amide bonds. The molecule has 1 aromatic rings. The average Bonchev–Trinajstić information content (AvgIpc) is 2.20. The van der Waals surface area contributed by atoms with E-state index in [1.807, 2.05) is 31.2 Å². The van der Waals surface area contributed by atoms with Crippen LogP contribution in [0.1, 0.15) is 12.5 Å². The van der Waals surface area contributed by atoms with Crippen molar-refractivity contribution in [3.05, 3.63) is 34.3 Å². The fraction of sp³-hybridized carbons (Fsp3) is 0.364. The van der Waals surface area contributed by atoms with Crippen LogP contribution in [0.5, 0.6) is 0 Å². The van der Waals surface area contributed by atoms with E-state index in [9.17, 15) is 4.79 Å². The number of benzene rings is 1. The molecule has 0 radical (unpaired) electrons. The molecule has 76 valence electrons.